The predicted molar refractivity (Wildman–Crippen MR) is 86.3 cm³/mol. The molecular formula is C15H27N3O6. The standard InChI is InChI=1S/C13H23N3O4.C2H4O2/c1-12(2,3)20-11(17)14-8-13(9-14,10-16(18)19)15-6-4-5-7-15;1-4-2-3/h4-10H2,1-3H3;2H,1H3. The van der Waals surface area contributed by atoms with E-state index < -0.39 is 11.1 Å². The zero-order valence-corrected chi connectivity index (χ0v) is 14.8. The Labute approximate surface area is 142 Å². The Morgan fingerprint density at radius 2 is 1.79 bits per heavy atom. The predicted octanol–water partition coefficient (Wildman–Crippen LogP) is 1.14. The average Bonchev–Trinajstić information content (AvgIpc) is 2.94. The minimum absolute atomic E-state index is 0.105. The van der Waals surface area contributed by atoms with Crippen LogP contribution < -0.4 is 0 Å². The van der Waals surface area contributed by atoms with Crippen molar-refractivity contribution in [1.29, 1.82) is 0 Å². The summed E-state index contributed by atoms with van der Waals surface area (Å²) < 4.78 is 9.16. The van der Waals surface area contributed by atoms with Crippen molar-refractivity contribution in [2.24, 2.45) is 0 Å². The fraction of sp³-hybridized carbons (Fsp3) is 0.867. The van der Waals surface area contributed by atoms with Gasteiger partial charge in [-0.2, -0.15) is 0 Å². The average molecular weight is 345 g/mol. The largest absolute Gasteiger partial charge is 0.471 e. The second-order valence-electron chi connectivity index (χ2n) is 7.08. The molecule has 2 rings (SSSR count). The van der Waals surface area contributed by atoms with Crippen LogP contribution in [0.5, 0.6) is 0 Å². The normalized spacial score (nSPS) is 19.6. The molecule has 2 fully saturated rings. The molecule has 0 unspecified atom stereocenters. The molecule has 9 nitrogen and oxygen atoms in total. The first-order chi connectivity index (χ1) is 11.1. The van der Waals surface area contributed by atoms with Gasteiger partial charge in [0.05, 0.1) is 20.2 Å². The van der Waals surface area contributed by atoms with Gasteiger partial charge in [0.2, 0.25) is 6.54 Å². The fourth-order valence-electron chi connectivity index (χ4n) is 2.95. The van der Waals surface area contributed by atoms with Gasteiger partial charge in [0.15, 0.2) is 0 Å². The first-order valence-corrected chi connectivity index (χ1v) is 7.95. The molecule has 24 heavy (non-hydrogen) atoms. The number of carbonyl (C=O) groups excluding carboxylic acids is 2. The summed E-state index contributed by atoms with van der Waals surface area (Å²) >= 11 is 0. The molecule has 0 spiro atoms. The van der Waals surface area contributed by atoms with Crippen molar-refractivity contribution in [3.8, 4) is 0 Å². The molecular weight excluding hydrogens is 318 g/mol. The lowest BCUT2D eigenvalue weighted by atomic mass is 9.88. The zero-order valence-electron chi connectivity index (χ0n) is 14.8. The Hall–Kier alpha value is -1.90. The van der Waals surface area contributed by atoms with Crippen molar-refractivity contribution in [2.75, 3.05) is 39.8 Å². The summed E-state index contributed by atoms with van der Waals surface area (Å²) in [5, 5.41) is 10.9. The summed E-state index contributed by atoms with van der Waals surface area (Å²) in [6, 6.07) is 0. The van der Waals surface area contributed by atoms with Crippen molar-refractivity contribution in [3.63, 3.8) is 0 Å². The Morgan fingerprint density at radius 1 is 1.29 bits per heavy atom. The van der Waals surface area contributed by atoms with Crippen LogP contribution >= 0.6 is 0 Å². The Bertz CT molecular complexity index is 451. The van der Waals surface area contributed by atoms with Gasteiger partial charge in [-0.15, -0.1) is 0 Å². The fourth-order valence-corrected chi connectivity index (χ4v) is 2.95. The third-order valence-electron chi connectivity index (χ3n) is 3.92. The van der Waals surface area contributed by atoms with Crippen molar-refractivity contribution in [2.45, 2.75) is 44.8 Å². The number of carbonyl (C=O) groups is 2. The van der Waals surface area contributed by atoms with E-state index in [1.807, 2.05) is 20.8 Å². The van der Waals surface area contributed by atoms with E-state index in [1.165, 1.54) is 7.11 Å². The molecule has 2 saturated heterocycles. The van der Waals surface area contributed by atoms with E-state index in [1.54, 1.807) is 4.90 Å². The number of ether oxygens (including phenoxy) is 2. The van der Waals surface area contributed by atoms with E-state index in [0.29, 0.717) is 19.6 Å². The number of hydrogen-bond acceptors (Lipinski definition) is 7. The monoisotopic (exact) mass is 345 g/mol. The first kappa shape index (κ1) is 20.1. The van der Waals surface area contributed by atoms with E-state index in [-0.39, 0.29) is 17.6 Å². The molecule has 9 heteroatoms. The first-order valence-electron chi connectivity index (χ1n) is 7.95. The van der Waals surface area contributed by atoms with Crippen LogP contribution in [0.2, 0.25) is 0 Å². The maximum Gasteiger partial charge on any atom is 0.410 e. The highest BCUT2D eigenvalue weighted by Gasteiger charge is 2.54. The van der Waals surface area contributed by atoms with Gasteiger partial charge in [-0.1, -0.05) is 0 Å². The maximum atomic E-state index is 11.9. The second kappa shape index (κ2) is 8.27. The molecule has 2 aliphatic rings. The van der Waals surface area contributed by atoms with Crippen LogP contribution in [0.25, 0.3) is 0 Å². The van der Waals surface area contributed by atoms with Crippen LogP contribution in [0.15, 0.2) is 0 Å². The highest BCUT2D eigenvalue weighted by Crippen LogP contribution is 2.32. The Morgan fingerprint density at radius 3 is 2.17 bits per heavy atom. The van der Waals surface area contributed by atoms with Crippen molar-refractivity contribution < 1.29 is 24.0 Å². The molecule has 0 aliphatic carbocycles. The van der Waals surface area contributed by atoms with Crippen LogP contribution in [0, 0.1) is 10.1 Å². The summed E-state index contributed by atoms with van der Waals surface area (Å²) in [4.78, 5) is 35.3. The lowest BCUT2D eigenvalue weighted by molar-refractivity contribution is -0.499. The summed E-state index contributed by atoms with van der Waals surface area (Å²) in [7, 11) is 1.31. The molecule has 0 saturated carbocycles. The molecule has 1 amide bonds. The highest BCUT2D eigenvalue weighted by molar-refractivity contribution is 5.69. The van der Waals surface area contributed by atoms with Crippen LogP contribution in [-0.4, -0.2) is 78.3 Å². The number of methoxy groups -OCH3 is 1. The number of likely N-dealkylation sites (tertiary alicyclic amines) is 2. The summed E-state index contributed by atoms with van der Waals surface area (Å²) in [6.07, 6.45) is 1.77. The number of rotatable bonds is 4. The van der Waals surface area contributed by atoms with E-state index >= 15 is 0 Å². The molecule has 0 atom stereocenters. The van der Waals surface area contributed by atoms with Crippen LogP contribution in [-0.2, 0) is 14.3 Å². The summed E-state index contributed by atoms with van der Waals surface area (Å²) in [6.45, 7) is 8.27. The highest BCUT2D eigenvalue weighted by atomic mass is 16.6. The van der Waals surface area contributed by atoms with E-state index in [9.17, 15) is 14.9 Å². The van der Waals surface area contributed by atoms with Crippen LogP contribution in [0.3, 0.4) is 0 Å². The lowest BCUT2D eigenvalue weighted by Gasteiger charge is -2.51. The third-order valence-corrected chi connectivity index (χ3v) is 3.92. The molecule has 0 aromatic rings. The maximum absolute atomic E-state index is 11.9. The molecule has 0 radical (unpaired) electrons. The minimum atomic E-state index is -0.536. The molecule has 0 N–H and O–H groups in total. The topological polar surface area (TPSA) is 102 Å². The van der Waals surface area contributed by atoms with Gasteiger partial charge in [-0.25, -0.2) is 4.79 Å². The van der Waals surface area contributed by atoms with Gasteiger partial charge in [-0.05, 0) is 46.7 Å². The van der Waals surface area contributed by atoms with E-state index in [2.05, 4.69) is 9.64 Å². The number of nitro groups is 1. The zero-order chi connectivity index (χ0) is 18.4. The number of nitrogens with zero attached hydrogens (tertiary/aromatic N) is 3. The molecule has 0 bridgehead atoms. The van der Waals surface area contributed by atoms with Crippen molar-refractivity contribution in [3.05, 3.63) is 10.1 Å². The Kier molecular flexibility index (Phi) is 6.94. The molecule has 138 valence electrons. The van der Waals surface area contributed by atoms with Gasteiger partial charge in [0.1, 0.15) is 11.1 Å². The van der Waals surface area contributed by atoms with Gasteiger partial charge >= 0.3 is 6.09 Å². The summed E-state index contributed by atoms with van der Waals surface area (Å²) in [5.41, 5.74) is -1.02. The van der Waals surface area contributed by atoms with Crippen LogP contribution in [0.1, 0.15) is 33.6 Å². The molecule has 2 aliphatic heterocycles. The van der Waals surface area contributed by atoms with Gasteiger partial charge in [0, 0.05) is 4.92 Å². The SMILES string of the molecule is CC(C)(C)OC(=O)N1CC(C[N+](=O)[O-])(N2CCCC2)C1.COC=O. The van der Waals surface area contributed by atoms with E-state index in [0.717, 1.165) is 25.9 Å². The smallest absolute Gasteiger partial charge is 0.410 e. The van der Waals surface area contributed by atoms with Crippen molar-refractivity contribution in [1.82, 2.24) is 9.80 Å². The third kappa shape index (κ3) is 5.63. The Balaban J connectivity index is 0.000000648. The van der Waals surface area contributed by atoms with Gasteiger partial charge in [-0.3, -0.25) is 19.8 Å². The molecule has 2 heterocycles. The molecule has 0 aromatic carbocycles. The quantitative estimate of drug-likeness (QED) is 0.427. The van der Waals surface area contributed by atoms with Crippen molar-refractivity contribution >= 4 is 12.6 Å². The lowest BCUT2D eigenvalue weighted by Crippen LogP contribution is -2.73. The molecule has 0 aromatic heterocycles. The number of hydrogen-bond donors (Lipinski definition) is 0. The van der Waals surface area contributed by atoms with Gasteiger partial charge in [0.25, 0.3) is 6.47 Å². The number of amides is 1. The van der Waals surface area contributed by atoms with E-state index in [4.69, 9.17) is 9.53 Å². The summed E-state index contributed by atoms with van der Waals surface area (Å²) in [5.74, 6) is 0. The second-order valence-corrected chi connectivity index (χ2v) is 7.08. The minimum Gasteiger partial charge on any atom is -0.471 e. The van der Waals surface area contributed by atoms with Crippen LogP contribution in [0.4, 0.5) is 4.79 Å². The van der Waals surface area contributed by atoms with Gasteiger partial charge < -0.3 is 14.4 Å².